The Balaban J connectivity index is 4.41. The third-order valence-corrected chi connectivity index (χ3v) is 13.0. The van der Waals surface area contributed by atoms with E-state index in [2.05, 4.69) is 81.5 Å². The van der Waals surface area contributed by atoms with Gasteiger partial charge in [-0.15, -0.1) is 0 Å². The minimum absolute atomic E-state index is 0.0891. The normalized spacial score (nSPS) is 12.4. The smallest absolute Gasteiger partial charge is 0.306 e. The van der Waals surface area contributed by atoms with Gasteiger partial charge in [-0.2, -0.15) is 0 Å². The molecule has 69 heavy (non-hydrogen) atoms. The number of esters is 3. The molecule has 0 bridgehead atoms. The van der Waals surface area contributed by atoms with Crippen LogP contribution in [0.25, 0.3) is 0 Å². The van der Waals surface area contributed by atoms with Crippen molar-refractivity contribution in [2.75, 3.05) is 13.2 Å². The molecule has 400 valence electrons. The zero-order chi connectivity index (χ0) is 50.0. The quantitative estimate of drug-likeness (QED) is 0.0262. The molecule has 0 rings (SSSR count). The van der Waals surface area contributed by atoms with E-state index < -0.39 is 6.10 Å². The molecule has 0 aliphatic heterocycles. The van der Waals surface area contributed by atoms with Gasteiger partial charge in [0.25, 0.3) is 0 Å². The van der Waals surface area contributed by atoms with Gasteiger partial charge in [-0.1, -0.05) is 236 Å². The number of rotatable bonds is 54. The van der Waals surface area contributed by atoms with Crippen molar-refractivity contribution in [3.05, 3.63) is 60.8 Å². The molecule has 0 unspecified atom stereocenters. The van der Waals surface area contributed by atoms with E-state index in [9.17, 15) is 14.4 Å². The lowest BCUT2D eigenvalue weighted by Gasteiger charge is -2.18. The average Bonchev–Trinajstić information content (AvgIpc) is 3.35. The van der Waals surface area contributed by atoms with Crippen molar-refractivity contribution in [3.8, 4) is 0 Å². The van der Waals surface area contributed by atoms with Crippen molar-refractivity contribution in [2.24, 2.45) is 0 Å². The topological polar surface area (TPSA) is 78.9 Å². The molecule has 0 radical (unpaired) electrons. The van der Waals surface area contributed by atoms with Gasteiger partial charge in [-0.25, -0.2) is 0 Å². The molecule has 0 amide bonds. The Hall–Kier alpha value is -2.89. The second-order valence-electron chi connectivity index (χ2n) is 19.9. The van der Waals surface area contributed by atoms with Crippen LogP contribution >= 0.6 is 0 Å². The van der Waals surface area contributed by atoms with Crippen molar-refractivity contribution in [1.82, 2.24) is 0 Å². The van der Waals surface area contributed by atoms with Gasteiger partial charge in [0.1, 0.15) is 13.2 Å². The van der Waals surface area contributed by atoms with Crippen molar-refractivity contribution in [1.29, 1.82) is 0 Å². The molecule has 0 saturated heterocycles. The first kappa shape index (κ1) is 66.1. The van der Waals surface area contributed by atoms with Crippen LogP contribution in [0, 0.1) is 0 Å². The summed E-state index contributed by atoms with van der Waals surface area (Å²) in [6, 6.07) is 0. The van der Waals surface area contributed by atoms with Gasteiger partial charge in [-0.05, 0) is 109 Å². The summed E-state index contributed by atoms with van der Waals surface area (Å²) < 4.78 is 16.9. The largest absolute Gasteiger partial charge is 0.462 e. The molecule has 6 heteroatoms. The standard InChI is InChI=1S/C63H112O6/c1-4-7-10-13-16-19-22-25-28-30-31-33-35-38-41-44-47-50-53-56-62(65)68-59-60(58-67-61(64)55-52-49-46-43-40-37-34-27-24-21-18-15-12-9-6-3)69-63(66)57-54-51-48-45-42-39-36-32-29-26-23-20-17-14-11-8-5-2/h18,21,26-27,29-31,34,40,43,60H,4-17,19-20,22-25,28,32-33,35-39,41-42,44-59H2,1-3H3/b21-18-,29-26-,31-30-,34-27-,43-40-/t60-/m1/s1. The molecular weight excluding hydrogens is 853 g/mol. The third kappa shape index (κ3) is 55.9. The molecular formula is C63H112O6. The summed E-state index contributed by atoms with van der Waals surface area (Å²) in [6.45, 7) is 6.60. The Kier molecular flexibility index (Phi) is 55.3. The Morgan fingerprint density at radius 1 is 0.290 bits per heavy atom. The SMILES string of the molecule is CCCCC/C=C\C/C=C\C/C=C\CCCCC(=O)OC[C@H](COC(=O)CCCCCCCCC/C=C\CCCCCCCCCC)OC(=O)CCCCCCCCC/C=C\CCCCCCCC. The van der Waals surface area contributed by atoms with E-state index in [-0.39, 0.29) is 31.1 Å². The molecule has 0 N–H and O–H groups in total. The summed E-state index contributed by atoms with van der Waals surface area (Å²) in [5.41, 5.74) is 0. The minimum Gasteiger partial charge on any atom is -0.462 e. The van der Waals surface area contributed by atoms with Crippen molar-refractivity contribution >= 4 is 17.9 Å². The second-order valence-corrected chi connectivity index (χ2v) is 19.9. The van der Waals surface area contributed by atoms with Crippen LogP contribution in [-0.2, 0) is 28.6 Å². The highest BCUT2D eigenvalue weighted by Crippen LogP contribution is 2.15. The molecule has 0 aromatic rings. The lowest BCUT2D eigenvalue weighted by Crippen LogP contribution is -2.30. The summed E-state index contributed by atoms with van der Waals surface area (Å²) in [4.78, 5) is 38.2. The van der Waals surface area contributed by atoms with Gasteiger partial charge < -0.3 is 14.2 Å². The van der Waals surface area contributed by atoms with Gasteiger partial charge in [0.2, 0.25) is 0 Å². The summed E-state index contributed by atoms with van der Waals surface area (Å²) >= 11 is 0. The van der Waals surface area contributed by atoms with Crippen LogP contribution in [-0.4, -0.2) is 37.2 Å². The van der Waals surface area contributed by atoms with Crippen LogP contribution in [0.4, 0.5) is 0 Å². The van der Waals surface area contributed by atoms with E-state index in [1.165, 1.54) is 193 Å². The van der Waals surface area contributed by atoms with Gasteiger partial charge in [0, 0.05) is 19.3 Å². The first-order chi connectivity index (χ1) is 34.0. The average molecular weight is 966 g/mol. The maximum absolute atomic E-state index is 12.9. The third-order valence-electron chi connectivity index (χ3n) is 13.0. The number of ether oxygens (including phenoxy) is 3. The zero-order valence-corrected chi connectivity index (χ0v) is 45.8. The number of hydrogen-bond acceptors (Lipinski definition) is 6. The van der Waals surface area contributed by atoms with E-state index >= 15 is 0 Å². The molecule has 1 atom stereocenters. The summed E-state index contributed by atoms with van der Waals surface area (Å²) in [5, 5.41) is 0. The van der Waals surface area contributed by atoms with E-state index in [0.29, 0.717) is 19.3 Å². The maximum Gasteiger partial charge on any atom is 0.306 e. The number of unbranched alkanes of at least 4 members (excludes halogenated alkanes) is 33. The van der Waals surface area contributed by atoms with Crippen molar-refractivity contribution < 1.29 is 28.6 Å². The predicted molar refractivity (Wildman–Crippen MR) is 298 cm³/mol. The zero-order valence-electron chi connectivity index (χ0n) is 45.8. The molecule has 0 heterocycles. The molecule has 0 spiro atoms. The van der Waals surface area contributed by atoms with Crippen LogP contribution in [0.5, 0.6) is 0 Å². The van der Waals surface area contributed by atoms with Crippen LogP contribution in [0.3, 0.4) is 0 Å². The highest BCUT2D eigenvalue weighted by atomic mass is 16.6. The lowest BCUT2D eigenvalue weighted by atomic mass is 10.1. The Bertz CT molecular complexity index is 1250. The number of carbonyl (C=O) groups excluding carboxylic acids is 3. The molecule has 0 saturated carbocycles. The Labute approximate surface area is 428 Å². The minimum atomic E-state index is -0.794. The first-order valence-corrected chi connectivity index (χ1v) is 29.8. The molecule has 0 aliphatic rings. The highest BCUT2D eigenvalue weighted by molar-refractivity contribution is 5.71. The Morgan fingerprint density at radius 3 is 0.884 bits per heavy atom. The van der Waals surface area contributed by atoms with E-state index in [4.69, 9.17) is 14.2 Å². The van der Waals surface area contributed by atoms with Crippen molar-refractivity contribution in [3.63, 3.8) is 0 Å². The van der Waals surface area contributed by atoms with E-state index in [1.54, 1.807) is 0 Å². The summed E-state index contributed by atoms with van der Waals surface area (Å²) in [5.74, 6) is -0.925. The maximum atomic E-state index is 12.9. The number of carbonyl (C=O) groups is 3. The Morgan fingerprint density at radius 2 is 0.522 bits per heavy atom. The molecule has 0 aliphatic carbocycles. The predicted octanol–water partition coefficient (Wildman–Crippen LogP) is 20.0. The first-order valence-electron chi connectivity index (χ1n) is 29.8. The molecule has 0 aromatic heterocycles. The van der Waals surface area contributed by atoms with Crippen LogP contribution < -0.4 is 0 Å². The fourth-order valence-electron chi connectivity index (χ4n) is 8.44. The molecule has 0 fully saturated rings. The van der Waals surface area contributed by atoms with Gasteiger partial charge >= 0.3 is 17.9 Å². The fraction of sp³-hybridized carbons (Fsp3) is 0.794. The van der Waals surface area contributed by atoms with Crippen LogP contribution in [0.1, 0.15) is 303 Å². The van der Waals surface area contributed by atoms with E-state index in [1.807, 2.05) is 0 Å². The van der Waals surface area contributed by atoms with E-state index in [0.717, 1.165) is 70.6 Å². The van der Waals surface area contributed by atoms with Gasteiger partial charge in [0.15, 0.2) is 6.10 Å². The summed E-state index contributed by atoms with van der Waals surface area (Å²) in [6.07, 6.45) is 72.1. The van der Waals surface area contributed by atoms with Gasteiger partial charge in [-0.3, -0.25) is 14.4 Å². The molecule has 0 aromatic carbocycles. The number of hydrogen-bond donors (Lipinski definition) is 0. The fourth-order valence-corrected chi connectivity index (χ4v) is 8.44. The van der Waals surface area contributed by atoms with Crippen LogP contribution in [0.15, 0.2) is 60.8 Å². The molecule has 6 nitrogen and oxygen atoms in total. The number of allylic oxidation sites excluding steroid dienone is 10. The monoisotopic (exact) mass is 965 g/mol. The summed E-state index contributed by atoms with van der Waals surface area (Å²) in [7, 11) is 0. The highest BCUT2D eigenvalue weighted by Gasteiger charge is 2.19. The van der Waals surface area contributed by atoms with Gasteiger partial charge in [0.05, 0.1) is 0 Å². The lowest BCUT2D eigenvalue weighted by molar-refractivity contribution is -0.167. The second kappa shape index (κ2) is 57.7. The van der Waals surface area contributed by atoms with Crippen LogP contribution in [0.2, 0.25) is 0 Å². The van der Waals surface area contributed by atoms with Crippen molar-refractivity contribution in [2.45, 2.75) is 309 Å².